The minimum Gasteiger partial charge on any atom is -0.336 e. The number of amides is 1. The van der Waals surface area contributed by atoms with E-state index in [1.807, 2.05) is 11.8 Å². The van der Waals surface area contributed by atoms with Gasteiger partial charge in [0, 0.05) is 13.5 Å². The second kappa shape index (κ2) is 3.07. The topological polar surface area (TPSA) is 20.3 Å². The maximum atomic E-state index is 11.0. The first kappa shape index (κ1) is 8.31. The molecule has 0 aliphatic carbocycles. The van der Waals surface area contributed by atoms with Gasteiger partial charge in [0.2, 0.25) is 5.91 Å². The Hall–Kier alpha value is -0.790. The first-order valence-electron chi connectivity index (χ1n) is 4.05. The molecule has 62 valence electrons. The molecular formula is C9H15NO. The van der Waals surface area contributed by atoms with E-state index < -0.39 is 0 Å². The Balaban J connectivity index is 2.65. The van der Waals surface area contributed by atoms with Crippen molar-refractivity contribution in [2.45, 2.75) is 32.7 Å². The summed E-state index contributed by atoms with van der Waals surface area (Å²) in [4.78, 5) is 13.0. The number of nitrogens with zero attached hydrogens (tertiary/aromatic N) is 1. The zero-order valence-corrected chi connectivity index (χ0v) is 7.26. The van der Waals surface area contributed by atoms with Gasteiger partial charge in [-0.05, 0) is 19.8 Å². The molecule has 0 N–H and O–H groups in total. The standard InChI is InChI=1S/C9H15NO/c1-7(2)9-5-4-6-10(9)8(3)11/h9H,1,4-6H2,2-3H3. The van der Waals surface area contributed by atoms with E-state index in [9.17, 15) is 4.79 Å². The summed E-state index contributed by atoms with van der Waals surface area (Å²) in [5.74, 6) is 0.176. The molecule has 1 aliphatic heterocycles. The van der Waals surface area contributed by atoms with Crippen LogP contribution in [0.25, 0.3) is 0 Å². The van der Waals surface area contributed by atoms with Crippen LogP contribution in [0.5, 0.6) is 0 Å². The molecule has 1 fully saturated rings. The van der Waals surface area contributed by atoms with Crippen molar-refractivity contribution in [1.82, 2.24) is 4.90 Å². The monoisotopic (exact) mass is 153 g/mol. The second-order valence-electron chi connectivity index (χ2n) is 3.22. The van der Waals surface area contributed by atoms with Crippen molar-refractivity contribution in [2.75, 3.05) is 6.54 Å². The van der Waals surface area contributed by atoms with Crippen molar-refractivity contribution in [3.63, 3.8) is 0 Å². The number of carbonyl (C=O) groups excluding carboxylic acids is 1. The molecule has 1 atom stereocenters. The lowest BCUT2D eigenvalue weighted by molar-refractivity contribution is -0.129. The fourth-order valence-electron chi connectivity index (χ4n) is 1.66. The average Bonchev–Trinajstić information content (AvgIpc) is 2.32. The Kier molecular flexibility index (Phi) is 2.32. The highest BCUT2D eigenvalue weighted by atomic mass is 16.2. The molecule has 1 rings (SSSR count). The molecule has 0 spiro atoms. The van der Waals surface area contributed by atoms with Crippen molar-refractivity contribution < 1.29 is 4.79 Å². The van der Waals surface area contributed by atoms with E-state index in [0.29, 0.717) is 6.04 Å². The zero-order valence-electron chi connectivity index (χ0n) is 7.26. The van der Waals surface area contributed by atoms with Gasteiger partial charge >= 0.3 is 0 Å². The molecule has 0 aromatic rings. The van der Waals surface area contributed by atoms with Crippen LogP contribution < -0.4 is 0 Å². The predicted molar refractivity (Wildman–Crippen MR) is 45.2 cm³/mol. The summed E-state index contributed by atoms with van der Waals surface area (Å²) in [7, 11) is 0. The zero-order chi connectivity index (χ0) is 8.43. The molecule has 1 amide bonds. The van der Waals surface area contributed by atoms with Gasteiger partial charge in [-0.25, -0.2) is 0 Å². The van der Waals surface area contributed by atoms with Crippen LogP contribution in [0.3, 0.4) is 0 Å². The van der Waals surface area contributed by atoms with Crippen molar-refractivity contribution in [3.05, 3.63) is 12.2 Å². The molecule has 0 radical (unpaired) electrons. The van der Waals surface area contributed by atoms with E-state index in [2.05, 4.69) is 6.58 Å². The Labute approximate surface area is 67.9 Å². The summed E-state index contributed by atoms with van der Waals surface area (Å²) in [6, 6.07) is 0.312. The first-order valence-corrected chi connectivity index (χ1v) is 4.05. The van der Waals surface area contributed by atoms with Gasteiger partial charge in [-0.3, -0.25) is 4.79 Å². The van der Waals surface area contributed by atoms with Crippen LogP contribution in [0, 0.1) is 0 Å². The van der Waals surface area contributed by atoms with Gasteiger partial charge in [-0.2, -0.15) is 0 Å². The third-order valence-electron chi connectivity index (χ3n) is 2.23. The van der Waals surface area contributed by atoms with E-state index in [1.54, 1.807) is 6.92 Å². The van der Waals surface area contributed by atoms with Gasteiger partial charge in [0.25, 0.3) is 0 Å². The number of rotatable bonds is 1. The first-order chi connectivity index (χ1) is 5.13. The van der Waals surface area contributed by atoms with Gasteiger partial charge < -0.3 is 4.90 Å². The van der Waals surface area contributed by atoms with Crippen LogP contribution >= 0.6 is 0 Å². The number of hydrogen-bond donors (Lipinski definition) is 0. The lowest BCUT2D eigenvalue weighted by atomic mass is 10.1. The van der Waals surface area contributed by atoms with Crippen LogP contribution in [0.1, 0.15) is 26.7 Å². The Morgan fingerprint density at radius 3 is 2.55 bits per heavy atom. The van der Waals surface area contributed by atoms with Crippen molar-refractivity contribution >= 4 is 5.91 Å². The highest BCUT2D eigenvalue weighted by Crippen LogP contribution is 2.21. The van der Waals surface area contributed by atoms with E-state index in [0.717, 1.165) is 25.0 Å². The summed E-state index contributed by atoms with van der Waals surface area (Å²) in [5, 5.41) is 0. The fourth-order valence-corrected chi connectivity index (χ4v) is 1.66. The highest BCUT2D eigenvalue weighted by molar-refractivity contribution is 5.74. The van der Waals surface area contributed by atoms with Crippen LogP contribution in [0.2, 0.25) is 0 Å². The van der Waals surface area contributed by atoms with Crippen LogP contribution in [-0.4, -0.2) is 23.4 Å². The Morgan fingerprint density at radius 1 is 1.55 bits per heavy atom. The van der Waals surface area contributed by atoms with Crippen molar-refractivity contribution in [2.24, 2.45) is 0 Å². The third-order valence-corrected chi connectivity index (χ3v) is 2.23. The lowest BCUT2D eigenvalue weighted by Crippen LogP contribution is -2.33. The minimum absolute atomic E-state index is 0.176. The molecule has 11 heavy (non-hydrogen) atoms. The lowest BCUT2D eigenvalue weighted by Gasteiger charge is -2.23. The van der Waals surface area contributed by atoms with Crippen molar-refractivity contribution in [3.8, 4) is 0 Å². The summed E-state index contributed by atoms with van der Waals surface area (Å²) >= 11 is 0. The van der Waals surface area contributed by atoms with Crippen molar-refractivity contribution in [1.29, 1.82) is 0 Å². The van der Waals surface area contributed by atoms with E-state index in [1.165, 1.54) is 0 Å². The molecular weight excluding hydrogens is 138 g/mol. The number of likely N-dealkylation sites (tertiary alicyclic amines) is 1. The average molecular weight is 153 g/mol. The molecule has 1 aliphatic rings. The summed E-state index contributed by atoms with van der Waals surface area (Å²) < 4.78 is 0. The quantitative estimate of drug-likeness (QED) is 0.524. The SMILES string of the molecule is C=C(C)C1CCCN1C(C)=O. The molecule has 1 unspecified atom stereocenters. The molecule has 0 bridgehead atoms. The van der Waals surface area contributed by atoms with Gasteiger partial charge in [-0.1, -0.05) is 12.2 Å². The summed E-state index contributed by atoms with van der Waals surface area (Å²) in [6.07, 6.45) is 2.21. The minimum atomic E-state index is 0.176. The predicted octanol–water partition coefficient (Wildman–Crippen LogP) is 1.57. The third kappa shape index (κ3) is 1.62. The Bertz CT molecular complexity index is 166. The maximum Gasteiger partial charge on any atom is 0.219 e. The molecule has 0 saturated carbocycles. The molecule has 0 aromatic carbocycles. The Morgan fingerprint density at radius 2 is 2.18 bits per heavy atom. The van der Waals surface area contributed by atoms with Crippen LogP contribution in [0.15, 0.2) is 12.2 Å². The molecule has 2 heteroatoms. The molecule has 0 aromatic heterocycles. The van der Waals surface area contributed by atoms with E-state index in [4.69, 9.17) is 0 Å². The number of carbonyl (C=O) groups is 1. The normalized spacial score (nSPS) is 23.8. The maximum absolute atomic E-state index is 11.0. The second-order valence-corrected chi connectivity index (χ2v) is 3.22. The fraction of sp³-hybridized carbons (Fsp3) is 0.667. The molecule has 1 heterocycles. The summed E-state index contributed by atoms with van der Waals surface area (Å²) in [5.41, 5.74) is 1.11. The highest BCUT2D eigenvalue weighted by Gasteiger charge is 2.26. The molecule has 1 saturated heterocycles. The summed E-state index contributed by atoms with van der Waals surface area (Å²) in [6.45, 7) is 8.40. The van der Waals surface area contributed by atoms with Crippen LogP contribution in [-0.2, 0) is 4.79 Å². The smallest absolute Gasteiger partial charge is 0.219 e. The van der Waals surface area contributed by atoms with Gasteiger partial charge in [0.1, 0.15) is 0 Å². The molecule has 2 nitrogen and oxygen atoms in total. The van der Waals surface area contributed by atoms with E-state index in [-0.39, 0.29) is 5.91 Å². The van der Waals surface area contributed by atoms with Crippen LogP contribution in [0.4, 0.5) is 0 Å². The largest absolute Gasteiger partial charge is 0.336 e. The van der Waals surface area contributed by atoms with Gasteiger partial charge in [-0.15, -0.1) is 0 Å². The van der Waals surface area contributed by atoms with E-state index >= 15 is 0 Å². The van der Waals surface area contributed by atoms with Gasteiger partial charge in [0.15, 0.2) is 0 Å². The number of hydrogen-bond acceptors (Lipinski definition) is 1. The van der Waals surface area contributed by atoms with Gasteiger partial charge in [0.05, 0.1) is 6.04 Å².